The maximum atomic E-state index is 13.6. The summed E-state index contributed by atoms with van der Waals surface area (Å²) in [5, 5.41) is 0. The summed E-state index contributed by atoms with van der Waals surface area (Å²) in [4.78, 5) is 10.5. The zero-order chi connectivity index (χ0) is 13.7. The monoisotopic (exact) mass is 350 g/mol. The Morgan fingerprint density at radius 1 is 1.20 bits per heavy atom. The largest absolute Gasteiger partial charge is 0.337 e. The molecule has 102 valence electrons. The number of benzene rings is 1. The first kappa shape index (κ1) is 12.5. The number of imidazole rings is 1. The van der Waals surface area contributed by atoms with Crippen LogP contribution in [0, 0.1) is 5.82 Å². The highest BCUT2D eigenvalue weighted by molar-refractivity contribution is 9.10. The van der Waals surface area contributed by atoms with Crippen molar-refractivity contribution in [1.82, 2.24) is 9.97 Å². The van der Waals surface area contributed by atoms with Crippen molar-refractivity contribution in [2.75, 3.05) is 0 Å². The molecule has 5 heteroatoms. The van der Waals surface area contributed by atoms with Gasteiger partial charge in [-0.3, -0.25) is 0 Å². The first-order chi connectivity index (χ1) is 9.70. The number of halogens is 2. The van der Waals surface area contributed by atoms with E-state index in [1.807, 2.05) is 11.3 Å². The second-order valence-electron chi connectivity index (χ2n) is 5.14. The maximum Gasteiger partial charge on any atom is 0.148 e. The molecule has 3 aromatic rings. The lowest BCUT2D eigenvalue weighted by molar-refractivity contribution is 0.623. The van der Waals surface area contributed by atoms with Gasteiger partial charge in [0.2, 0.25) is 0 Å². The van der Waals surface area contributed by atoms with Gasteiger partial charge in [0.25, 0.3) is 0 Å². The van der Waals surface area contributed by atoms with Crippen LogP contribution in [0.4, 0.5) is 4.39 Å². The molecule has 0 saturated carbocycles. The van der Waals surface area contributed by atoms with E-state index in [1.54, 1.807) is 6.07 Å². The van der Waals surface area contributed by atoms with E-state index in [-0.39, 0.29) is 5.82 Å². The molecule has 2 heterocycles. The number of nitrogens with one attached hydrogen (secondary N) is 1. The van der Waals surface area contributed by atoms with Gasteiger partial charge in [0.15, 0.2) is 0 Å². The second-order valence-corrected chi connectivity index (χ2v) is 7.13. The van der Waals surface area contributed by atoms with Crippen LogP contribution in [0.1, 0.15) is 23.3 Å². The first-order valence-corrected chi connectivity index (χ1v) is 8.28. The number of aromatic amines is 1. The lowest BCUT2D eigenvalue weighted by Crippen LogP contribution is -1.96. The zero-order valence-corrected chi connectivity index (χ0v) is 13.1. The molecule has 0 radical (unpaired) electrons. The smallest absolute Gasteiger partial charge is 0.148 e. The van der Waals surface area contributed by atoms with E-state index in [1.165, 1.54) is 42.2 Å². The topological polar surface area (TPSA) is 28.7 Å². The highest BCUT2D eigenvalue weighted by Gasteiger charge is 2.16. The summed E-state index contributed by atoms with van der Waals surface area (Å²) >= 11 is 5.01. The summed E-state index contributed by atoms with van der Waals surface area (Å²) in [6.45, 7) is 0. The highest BCUT2D eigenvalue weighted by Crippen LogP contribution is 2.35. The van der Waals surface area contributed by atoms with E-state index < -0.39 is 0 Å². The van der Waals surface area contributed by atoms with Crippen molar-refractivity contribution in [2.24, 2.45) is 0 Å². The highest BCUT2D eigenvalue weighted by atomic mass is 79.9. The number of thiophene rings is 1. The van der Waals surface area contributed by atoms with Gasteiger partial charge in [0.1, 0.15) is 11.6 Å². The van der Waals surface area contributed by atoms with Crippen LogP contribution in [0.15, 0.2) is 22.7 Å². The molecule has 0 unspecified atom stereocenters. The van der Waals surface area contributed by atoms with Crippen LogP contribution in [0.25, 0.3) is 21.7 Å². The summed E-state index contributed by atoms with van der Waals surface area (Å²) in [6, 6.07) is 5.45. The van der Waals surface area contributed by atoms with E-state index in [2.05, 4.69) is 32.0 Å². The predicted octanol–water partition coefficient (Wildman–Crippen LogP) is 5.07. The number of H-pyrrole nitrogens is 1. The Hall–Kier alpha value is -1.20. The van der Waals surface area contributed by atoms with Crippen LogP contribution in [-0.2, 0) is 12.8 Å². The van der Waals surface area contributed by atoms with Crippen LogP contribution < -0.4 is 0 Å². The fourth-order valence-corrected chi connectivity index (χ4v) is 4.26. The Bertz CT molecular complexity index is 743. The molecule has 0 atom stereocenters. The van der Waals surface area contributed by atoms with E-state index in [9.17, 15) is 4.39 Å². The third-order valence-corrected chi connectivity index (χ3v) is 5.61. The summed E-state index contributed by atoms with van der Waals surface area (Å²) in [5.74, 6) is 0.579. The number of nitrogens with zero attached hydrogens (tertiary/aromatic N) is 1. The van der Waals surface area contributed by atoms with Crippen molar-refractivity contribution < 1.29 is 4.39 Å². The van der Waals surface area contributed by atoms with Gasteiger partial charge in [-0.25, -0.2) is 9.37 Å². The van der Waals surface area contributed by atoms with Gasteiger partial charge in [0, 0.05) is 10.9 Å². The Labute approximate surface area is 128 Å². The maximum absolute atomic E-state index is 13.6. The summed E-state index contributed by atoms with van der Waals surface area (Å²) < 4.78 is 14.0. The number of aromatic nitrogens is 2. The average Bonchev–Trinajstić information content (AvgIpc) is 3.02. The van der Waals surface area contributed by atoms with Gasteiger partial charge in [-0.2, -0.15) is 0 Å². The Morgan fingerprint density at radius 3 is 2.90 bits per heavy atom. The molecular formula is C15H12BrFN2S. The molecule has 0 fully saturated rings. The zero-order valence-electron chi connectivity index (χ0n) is 10.7. The fourth-order valence-electron chi connectivity index (χ4n) is 2.73. The van der Waals surface area contributed by atoms with Gasteiger partial charge < -0.3 is 4.98 Å². The molecular weight excluding hydrogens is 339 g/mol. The Morgan fingerprint density at radius 2 is 2.05 bits per heavy atom. The fraction of sp³-hybridized carbons (Fsp3) is 0.267. The molecule has 1 N–H and O–H groups in total. The van der Waals surface area contributed by atoms with Crippen LogP contribution in [0.5, 0.6) is 0 Å². The molecule has 0 aliphatic heterocycles. The number of hydrogen-bond acceptors (Lipinski definition) is 2. The van der Waals surface area contributed by atoms with Crippen molar-refractivity contribution >= 4 is 38.3 Å². The minimum absolute atomic E-state index is 0.266. The van der Waals surface area contributed by atoms with Gasteiger partial charge >= 0.3 is 0 Å². The normalized spacial score (nSPS) is 14.7. The number of rotatable bonds is 1. The van der Waals surface area contributed by atoms with Crippen molar-refractivity contribution in [2.45, 2.75) is 25.7 Å². The van der Waals surface area contributed by atoms with Crippen molar-refractivity contribution in [3.05, 3.63) is 38.9 Å². The third-order valence-electron chi connectivity index (χ3n) is 3.75. The van der Waals surface area contributed by atoms with Gasteiger partial charge in [-0.05, 0) is 59.3 Å². The number of aryl methyl sites for hydroxylation is 2. The van der Waals surface area contributed by atoms with Crippen molar-refractivity contribution in [3.8, 4) is 10.7 Å². The number of fused-ring (bicyclic) bond motifs is 2. The lowest BCUT2D eigenvalue weighted by atomic mass is 9.99. The van der Waals surface area contributed by atoms with Gasteiger partial charge in [-0.1, -0.05) is 0 Å². The first-order valence-electron chi connectivity index (χ1n) is 6.67. The van der Waals surface area contributed by atoms with Crippen LogP contribution >= 0.6 is 27.3 Å². The average molecular weight is 351 g/mol. The standard InChI is InChI=1S/C15H12BrFN2S/c16-9-6-11-12(7-10(9)17)19-15(18-11)14-5-8-3-1-2-4-13(8)20-14/h5-7H,1-4H2,(H,18,19). The molecule has 2 nitrogen and oxygen atoms in total. The van der Waals surface area contributed by atoms with Gasteiger partial charge in [-0.15, -0.1) is 11.3 Å². The van der Waals surface area contributed by atoms with E-state index in [0.29, 0.717) is 4.47 Å². The van der Waals surface area contributed by atoms with Crippen molar-refractivity contribution in [1.29, 1.82) is 0 Å². The molecule has 4 rings (SSSR count). The lowest BCUT2D eigenvalue weighted by Gasteiger charge is -2.08. The molecule has 0 saturated heterocycles. The Balaban J connectivity index is 1.83. The molecule has 20 heavy (non-hydrogen) atoms. The summed E-state index contributed by atoms with van der Waals surface area (Å²) in [5.41, 5.74) is 3.00. The quantitative estimate of drug-likeness (QED) is 0.651. The molecule has 2 aromatic heterocycles. The SMILES string of the molecule is Fc1cc2[nH]c(-c3cc4c(s3)CCCC4)nc2cc1Br. The van der Waals surface area contributed by atoms with E-state index in [4.69, 9.17) is 0 Å². The minimum Gasteiger partial charge on any atom is -0.337 e. The van der Waals surface area contributed by atoms with Crippen LogP contribution in [0.2, 0.25) is 0 Å². The summed E-state index contributed by atoms with van der Waals surface area (Å²) in [7, 11) is 0. The molecule has 1 aliphatic carbocycles. The van der Waals surface area contributed by atoms with Crippen LogP contribution in [0.3, 0.4) is 0 Å². The predicted molar refractivity (Wildman–Crippen MR) is 83.7 cm³/mol. The molecule has 0 spiro atoms. The van der Waals surface area contributed by atoms with Gasteiger partial charge in [0.05, 0.1) is 20.4 Å². The van der Waals surface area contributed by atoms with Crippen molar-refractivity contribution in [3.63, 3.8) is 0 Å². The molecule has 0 amide bonds. The van der Waals surface area contributed by atoms with E-state index in [0.717, 1.165) is 21.7 Å². The third kappa shape index (κ3) is 2.00. The molecule has 1 aromatic carbocycles. The molecule has 0 bridgehead atoms. The second kappa shape index (κ2) is 4.67. The number of hydrogen-bond donors (Lipinski definition) is 1. The van der Waals surface area contributed by atoms with E-state index >= 15 is 0 Å². The summed E-state index contributed by atoms with van der Waals surface area (Å²) in [6.07, 6.45) is 4.92. The Kier molecular flexibility index (Phi) is 2.93. The van der Waals surface area contributed by atoms with Crippen LogP contribution in [-0.4, -0.2) is 9.97 Å². The molecule has 1 aliphatic rings. The minimum atomic E-state index is -0.266.